The smallest absolute Gasteiger partial charge is 0.311 e. The average molecular weight is 362 g/mol. The quantitative estimate of drug-likeness (QED) is 0.461. The van der Waals surface area contributed by atoms with Crippen molar-refractivity contribution in [2.24, 2.45) is 5.10 Å². The summed E-state index contributed by atoms with van der Waals surface area (Å²) in [5.41, 5.74) is 2.91. The highest BCUT2D eigenvalue weighted by atomic mass is 35.5. The number of nitro benzene ring substituents is 1. The molecular formula is C17H16ClN3O4. The number of hydrogen-bond acceptors (Lipinski definition) is 5. The van der Waals surface area contributed by atoms with Crippen molar-refractivity contribution in [3.05, 3.63) is 68.7 Å². The van der Waals surface area contributed by atoms with Crippen molar-refractivity contribution in [1.82, 2.24) is 5.43 Å². The minimum Gasteiger partial charge on any atom is -0.487 e. The number of nitro groups is 1. The molecule has 0 saturated heterocycles. The largest absolute Gasteiger partial charge is 0.487 e. The molecule has 1 amide bonds. The van der Waals surface area contributed by atoms with Crippen LogP contribution in [0.1, 0.15) is 29.3 Å². The minimum absolute atomic E-state index is 0.158. The van der Waals surface area contributed by atoms with Crippen LogP contribution in [-0.2, 0) is 0 Å². The number of hydrazone groups is 1. The lowest BCUT2D eigenvalue weighted by Crippen LogP contribution is -2.17. The summed E-state index contributed by atoms with van der Waals surface area (Å²) >= 11 is 5.93. The molecule has 1 N–H and O–H groups in total. The Balaban J connectivity index is 2.10. The molecule has 2 rings (SSSR count). The maximum absolute atomic E-state index is 12.0. The van der Waals surface area contributed by atoms with Crippen LogP contribution in [0.2, 0.25) is 5.02 Å². The molecule has 0 fully saturated rings. The van der Waals surface area contributed by atoms with Gasteiger partial charge in [0.25, 0.3) is 5.91 Å². The van der Waals surface area contributed by atoms with Gasteiger partial charge in [-0.2, -0.15) is 5.10 Å². The molecule has 0 heterocycles. The van der Waals surface area contributed by atoms with E-state index in [1.54, 1.807) is 30.3 Å². The highest BCUT2D eigenvalue weighted by Crippen LogP contribution is 2.27. The standard InChI is InChI=1S/C17H16ClN3O4/c1-2-9-25-16-8-7-12(10-15(16)21(23)24)11-19-20-17(22)13-5-3-4-6-14(13)18/h3-8,10-11H,2,9H2,1H3,(H,20,22)/b19-11-. The van der Waals surface area contributed by atoms with Crippen LogP contribution in [0.25, 0.3) is 0 Å². The summed E-state index contributed by atoms with van der Waals surface area (Å²) in [5, 5.41) is 15.3. The lowest BCUT2D eigenvalue weighted by atomic mass is 10.2. The van der Waals surface area contributed by atoms with E-state index in [1.165, 1.54) is 18.3 Å². The fourth-order valence-electron chi connectivity index (χ4n) is 1.96. The molecule has 0 aliphatic heterocycles. The third-order valence-corrected chi connectivity index (χ3v) is 3.47. The minimum atomic E-state index is -0.523. The number of rotatable bonds is 7. The Morgan fingerprint density at radius 2 is 2.12 bits per heavy atom. The first-order valence-corrected chi connectivity index (χ1v) is 7.90. The summed E-state index contributed by atoms with van der Waals surface area (Å²) in [7, 11) is 0. The first-order chi connectivity index (χ1) is 12.0. The Labute approximate surface area is 149 Å². The number of amides is 1. The van der Waals surface area contributed by atoms with Crippen molar-refractivity contribution >= 4 is 29.4 Å². The summed E-state index contributed by atoms with van der Waals surface area (Å²) in [6, 6.07) is 11.0. The number of hydrogen-bond donors (Lipinski definition) is 1. The second-order valence-electron chi connectivity index (χ2n) is 5.01. The number of nitrogens with one attached hydrogen (secondary N) is 1. The third-order valence-electron chi connectivity index (χ3n) is 3.14. The first-order valence-electron chi connectivity index (χ1n) is 7.52. The summed E-state index contributed by atoms with van der Waals surface area (Å²) < 4.78 is 5.35. The second-order valence-corrected chi connectivity index (χ2v) is 5.42. The number of carbonyl (C=O) groups is 1. The molecule has 25 heavy (non-hydrogen) atoms. The van der Waals surface area contributed by atoms with Crippen molar-refractivity contribution in [2.45, 2.75) is 13.3 Å². The van der Waals surface area contributed by atoms with Crippen LogP contribution in [0, 0.1) is 10.1 Å². The van der Waals surface area contributed by atoms with Crippen LogP contribution in [0.15, 0.2) is 47.6 Å². The van der Waals surface area contributed by atoms with Gasteiger partial charge < -0.3 is 4.74 Å². The molecule has 0 unspecified atom stereocenters. The van der Waals surface area contributed by atoms with Gasteiger partial charge in [0.2, 0.25) is 0 Å². The molecule has 130 valence electrons. The second kappa shape index (κ2) is 8.79. The summed E-state index contributed by atoms with van der Waals surface area (Å²) in [5.74, 6) is -0.275. The monoisotopic (exact) mass is 361 g/mol. The van der Waals surface area contributed by atoms with Gasteiger partial charge in [0.15, 0.2) is 5.75 Å². The molecule has 0 atom stereocenters. The maximum atomic E-state index is 12.0. The van der Waals surface area contributed by atoms with E-state index in [-0.39, 0.29) is 17.0 Å². The average Bonchev–Trinajstić information content (AvgIpc) is 2.60. The SMILES string of the molecule is CCCOc1ccc(/C=N\NC(=O)c2ccccc2Cl)cc1[N+](=O)[O-]. The molecule has 7 nitrogen and oxygen atoms in total. The van der Waals surface area contributed by atoms with Gasteiger partial charge in [0, 0.05) is 11.6 Å². The molecule has 0 aromatic heterocycles. The molecule has 0 aliphatic rings. The number of carbonyl (C=O) groups excluding carboxylic acids is 1. The first kappa shape index (κ1) is 18.4. The number of halogens is 1. The lowest BCUT2D eigenvalue weighted by Gasteiger charge is -2.05. The zero-order chi connectivity index (χ0) is 18.2. The van der Waals surface area contributed by atoms with E-state index in [2.05, 4.69) is 10.5 Å². The molecule has 0 spiro atoms. The van der Waals surface area contributed by atoms with E-state index in [0.29, 0.717) is 17.2 Å². The summed E-state index contributed by atoms with van der Waals surface area (Å²) in [6.07, 6.45) is 2.06. The van der Waals surface area contributed by atoms with Crippen molar-refractivity contribution in [3.63, 3.8) is 0 Å². The fourth-order valence-corrected chi connectivity index (χ4v) is 2.18. The topological polar surface area (TPSA) is 93.8 Å². The van der Waals surface area contributed by atoms with Crippen LogP contribution in [-0.4, -0.2) is 23.7 Å². The van der Waals surface area contributed by atoms with Crippen LogP contribution in [0.4, 0.5) is 5.69 Å². The Morgan fingerprint density at radius 3 is 2.80 bits per heavy atom. The third kappa shape index (κ3) is 5.02. The van der Waals surface area contributed by atoms with Gasteiger partial charge >= 0.3 is 5.69 Å². The van der Waals surface area contributed by atoms with E-state index < -0.39 is 10.8 Å². The molecular weight excluding hydrogens is 346 g/mol. The number of benzene rings is 2. The lowest BCUT2D eigenvalue weighted by molar-refractivity contribution is -0.385. The Bertz CT molecular complexity index is 808. The van der Waals surface area contributed by atoms with E-state index in [4.69, 9.17) is 16.3 Å². The van der Waals surface area contributed by atoms with E-state index >= 15 is 0 Å². The summed E-state index contributed by atoms with van der Waals surface area (Å²) in [6.45, 7) is 2.30. The predicted molar refractivity (Wildman–Crippen MR) is 95.4 cm³/mol. The summed E-state index contributed by atoms with van der Waals surface area (Å²) in [4.78, 5) is 22.6. The van der Waals surface area contributed by atoms with E-state index in [0.717, 1.165) is 6.42 Å². The van der Waals surface area contributed by atoms with Crippen LogP contribution < -0.4 is 10.2 Å². The molecule has 0 saturated carbocycles. The Morgan fingerprint density at radius 1 is 1.36 bits per heavy atom. The molecule has 0 radical (unpaired) electrons. The van der Waals surface area contributed by atoms with Gasteiger partial charge in [-0.1, -0.05) is 30.7 Å². The highest BCUT2D eigenvalue weighted by Gasteiger charge is 2.15. The maximum Gasteiger partial charge on any atom is 0.311 e. The molecule has 0 aliphatic carbocycles. The predicted octanol–water partition coefficient (Wildman–Crippen LogP) is 3.80. The fraction of sp³-hybridized carbons (Fsp3) is 0.176. The van der Waals surface area contributed by atoms with Crippen LogP contribution >= 0.6 is 11.6 Å². The molecule has 2 aromatic rings. The van der Waals surface area contributed by atoms with Crippen molar-refractivity contribution in [2.75, 3.05) is 6.61 Å². The van der Waals surface area contributed by atoms with Gasteiger partial charge in [0.1, 0.15) is 0 Å². The van der Waals surface area contributed by atoms with Gasteiger partial charge in [-0.05, 0) is 30.7 Å². The van der Waals surface area contributed by atoms with Gasteiger partial charge in [-0.25, -0.2) is 5.43 Å². The normalized spacial score (nSPS) is 10.6. The zero-order valence-electron chi connectivity index (χ0n) is 13.4. The Hall–Kier alpha value is -2.93. The van der Waals surface area contributed by atoms with E-state index in [1.807, 2.05) is 6.92 Å². The molecule has 8 heteroatoms. The van der Waals surface area contributed by atoms with Crippen LogP contribution in [0.3, 0.4) is 0 Å². The van der Waals surface area contributed by atoms with Crippen LogP contribution in [0.5, 0.6) is 5.75 Å². The number of nitrogens with zero attached hydrogens (tertiary/aromatic N) is 2. The van der Waals surface area contributed by atoms with Gasteiger partial charge in [-0.3, -0.25) is 14.9 Å². The van der Waals surface area contributed by atoms with E-state index in [9.17, 15) is 14.9 Å². The molecule has 0 bridgehead atoms. The van der Waals surface area contributed by atoms with Crippen molar-refractivity contribution < 1.29 is 14.5 Å². The van der Waals surface area contributed by atoms with Gasteiger partial charge in [0.05, 0.1) is 28.3 Å². The van der Waals surface area contributed by atoms with Gasteiger partial charge in [-0.15, -0.1) is 0 Å². The molecule has 2 aromatic carbocycles. The van der Waals surface area contributed by atoms with Crippen molar-refractivity contribution in [3.8, 4) is 5.75 Å². The zero-order valence-corrected chi connectivity index (χ0v) is 14.2. The Kier molecular flexibility index (Phi) is 6.47. The highest BCUT2D eigenvalue weighted by molar-refractivity contribution is 6.33. The number of ether oxygens (including phenoxy) is 1. The van der Waals surface area contributed by atoms with Crippen molar-refractivity contribution in [1.29, 1.82) is 0 Å².